The smallest absolute Gasteiger partial charge is 0.129 e. The number of nitrogens with one attached hydrogen (secondary N) is 1. The molecule has 0 radical (unpaired) electrons. The van der Waals surface area contributed by atoms with E-state index in [1.54, 1.807) is 14.0 Å². The van der Waals surface area contributed by atoms with Crippen LogP contribution >= 0.6 is 0 Å². The van der Waals surface area contributed by atoms with Crippen molar-refractivity contribution in [1.82, 2.24) is 0 Å². The highest BCUT2D eigenvalue weighted by Gasteiger charge is 1.99. The van der Waals surface area contributed by atoms with Gasteiger partial charge in [-0.05, 0) is 44.0 Å². The summed E-state index contributed by atoms with van der Waals surface area (Å²) < 4.78 is 5.18. The Balaban J connectivity index is 2.43. The number of hydrogen-bond donors (Lipinski definition) is 1. The van der Waals surface area contributed by atoms with Gasteiger partial charge < -0.3 is 14.8 Å². The average Bonchev–Trinajstić information content (AvgIpc) is 2.24. The van der Waals surface area contributed by atoms with Gasteiger partial charge in [0.2, 0.25) is 0 Å². The van der Waals surface area contributed by atoms with Crippen LogP contribution in [0.25, 0.3) is 0 Å². The molecule has 0 aliphatic heterocycles. The van der Waals surface area contributed by atoms with Crippen LogP contribution in [-0.2, 0) is 4.79 Å². The molecule has 0 saturated heterocycles. The van der Waals surface area contributed by atoms with Gasteiger partial charge in [-0.2, -0.15) is 0 Å². The summed E-state index contributed by atoms with van der Waals surface area (Å²) in [5, 5.41) is 3.28. The van der Waals surface area contributed by atoms with Crippen LogP contribution in [0, 0.1) is 6.92 Å². The number of rotatable bonds is 6. The first-order chi connectivity index (χ1) is 7.63. The molecule has 16 heavy (non-hydrogen) atoms. The lowest BCUT2D eigenvalue weighted by Gasteiger charge is -2.09. The molecule has 3 nitrogen and oxygen atoms in total. The topological polar surface area (TPSA) is 38.3 Å². The molecule has 0 spiro atoms. The average molecular weight is 221 g/mol. The third-order valence-corrected chi connectivity index (χ3v) is 2.43. The van der Waals surface area contributed by atoms with Crippen LogP contribution in [0.2, 0.25) is 0 Å². The second-order valence-corrected chi connectivity index (χ2v) is 3.92. The van der Waals surface area contributed by atoms with Crippen molar-refractivity contribution in [2.45, 2.75) is 26.7 Å². The highest BCUT2D eigenvalue weighted by atomic mass is 16.5. The summed E-state index contributed by atoms with van der Waals surface area (Å²) in [6.45, 7) is 4.46. The van der Waals surface area contributed by atoms with Gasteiger partial charge in [-0.3, -0.25) is 0 Å². The number of methoxy groups -OCH3 is 1. The highest BCUT2D eigenvalue weighted by molar-refractivity contribution is 5.75. The van der Waals surface area contributed by atoms with Gasteiger partial charge in [-0.1, -0.05) is 0 Å². The summed E-state index contributed by atoms with van der Waals surface area (Å²) in [5.74, 6) is 1.14. The van der Waals surface area contributed by atoms with Crippen LogP contribution < -0.4 is 10.1 Å². The van der Waals surface area contributed by atoms with E-state index >= 15 is 0 Å². The fourth-order valence-electron chi connectivity index (χ4n) is 1.56. The normalized spacial score (nSPS) is 9.94. The number of anilines is 1. The Hall–Kier alpha value is -1.51. The number of hydrogen-bond acceptors (Lipinski definition) is 3. The summed E-state index contributed by atoms with van der Waals surface area (Å²) in [4.78, 5) is 10.7. The van der Waals surface area contributed by atoms with E-state index in [1.165, 1.54) is 0 Å². The summed E-state index contributed by atoms with van der Waals surface area (Å²) in [6, 6.07) is 5.98. The van der Waals surface area contributed by atoms with Gasteiger partial charge >= 0.3 is 0 Å². The minimum absolute atomic E-state index is 0.243. The van der Waals surface area contributed by atoms with Crippen molar-refractivity contribution in [3.8, 4) is 5.75 Å². The van der Waals surface area contributed by atoms with Gasteiger partial charge in [0.1, 0.15) is 11.5 Å². The SMILES string of the molecule is COc1ccc(NCCCC(C)=O)cc1C. The van der Waals surface area contributed by atoms with E-state index in [9.17, 15) is 4.79 Å². The van der Waals surface area contributed by atoms with Crippen LogP contribution in [0.3, 0.4) is 0 Å². The number of carbonyl (C=O) groups is 1. The molecule has 0 heterocycles. The van der Waals surface area contributed by atoms with Gasteiger partial charge in [0, 0.05) is 18.7 Å². The summed E-state index contributed by atoms with van der Waals surface area (Å²) >= 11 is 0. The Labute approximate surface area is 96.8 Å². The summed E-state index contributed by atoms with van der Waals surface area (Å²) in [7, 11) is 1.67. The Morgan fingerprint density at radius 2 is 2.19 bits per heavy atom. The van der Waals surface area contributed by atoms with Gasteiger partial charge in [0.25, 0.3) is 0 Å². The lowest BCUT2D eigenvalue weighted by atomic mass is 10.2. The first kappa shape index (κ1) is 12.6. The molecule has 1 N–H and O–H groups in total. The third-order valence-electron chi connectivity index (χ3n) is 2.43. The van der Waals surface area contributed by atoms with E-state index in [0.29, 0.717) is 6.42 Å². The molecule has 0 aliphatic carbocycles. The van der Waals surface area contributed by atoms with Crippen molar-refractivity contribution >= 4 is 11.5 Å². The second kappa shape index (κ2) is 6.16. The zero-order valence-corrected chi connectivity index (χ0v) is 10.2. The zero-order valence-electron chi connectivity index (χ0n) is 10.2. The molecule has 1 rings (SSSR count). The van der Waals surface area contributed by atoms with Gasteiger partial charge in [-0.15, -0.1) is 0 Å². The first-order valence-corrected chi connectivity index (χ1v) is 5.51. The van der Waals surface area contributed by atoms with Crippen molar-refractivity contribution < 1.29 is 9.53 Å². The van der Waals surface area contributed by atoms with E-state index < -0.39 is 0 Å². The molecule has 1 aromatic rings. The standard InChI is InChI=1S/C13H19NO2/c1-10-9-12(6-7-13(10)16-3)14-8-4-5-11(2)15/h6-7,9,14H,4-5,8H2,1-3H3. The Morgan fingerprint density at radius 3 is 2.75 bits per heavy atom. The van der Waals surface area contributed by atoms with Gasteiger partial charge in [0.15, 0.2) is 0 Å². The van der Waals surface area contributed by atoms with Crippen LogP contribution in [0.15, 0.2) is 18.2 Å². The second-order valence-electron chi connectivity index (χ2n) is 3.92. The molecule has 0 fully saturated rings. The van der Waals surface area contributed by atoms with Crippen molar-refractivity contribution in [2.24, 2.45) is 0 Å². The van der Waals surface area contributed by atoms with Gasteiger partial charge in [-0.25, -0.2) is 0 Å². The van der Waals surface area contributed by atoms with E-state index in [4.69, 9.17) is 4.74 Å². The predicted molar refractivity (Wildman–Crippen MR) is 66.1 cm³/mol. The monoisotopic (exact) mass is 221 g/mol. The van der Waals surface area contributed by atoms with Crippen LogP contribution in [-0.4, -0.2) is 19.4 Å². The maximum absolute atomic E-state index is 10.7. The predicted octanol–water partition coefficient (Wildman–Crippen LogP) is 2.78. The number of aryl methyl sites for hydroxylation is 1. The molecule has 0 amide bonds. The number of Topliss-reactive ketones (excluding diaryl/α,β-unsaturated/α-hetero) is 1. The fraction of sp³-hybridized carbons (Fsp3) is 0.462. The Bertz CT molecular complexity index is 361. The molecular weight excluding hydrogens is 202 g/mol. The third kappa shape index (κ3) is 3.93. The van der Waals surface area contributed by atoms with Crippen molar-refractivity contribution in [3.63, 3.8) is 0 Å². The quantitative estimate of drug-likeness (QED) is 0.751. The van der Waals surface area contributed by atoms with Gasteiger partial charge in [0.05, 0.1) is 7.11 Å². The molecular formula is C13H19NO2. The molecule has 0 atom stereocenters. The lowest BCUT2D eigenvalue weighted by Crippen LogP contribution is -2.03. The van der Waals surface area contributed by atoms with E-state index in [2.05, 4.69) is 5.32 Å². The maximum Gasteiger partial charge on any atom is 0.129 e. The minimum Gasteiger partial charge on any atom is -0.496 e. The number of ketones is 1. The van der Waals surface area contributed by atoms with Crippen LogP contribution in [0.4, 0.5) is 5.69 Å². The maximum atomic E-state index is 10.7. The lowest BCUT2D eigenvalue weighted by molar-refractivity contribution is -0.117. The Kier molecular flexibility index (Phi) is 4.83. The van der Waals surface area contributed by atoms with Crippen LogP contribution in [0.5, 0.6) is 5.75 Å². The minimum atomic E-state index is 0.243. The van der Waals surface area contributed by atoms with E-state index in [-0.39, 0.29) is 5.78 Å². The molecule has 0 aromatic heterocycles. The molecule has 3 heteroatoms. The largest absolute Gasteiger partial charge is 0.496 e. The number of ether oxygens (including phenoxy) is 1. The molecule has 0 unspecified atom stereocenters. The summed E-state index contributed by atoms with van der Waals surface area (Å²) in [6.07, 6.45) is 1.52. The van der Waals surface area contributed by atoms with Crippen molar-refractivity contribution in [2.75, 3.05) is 19.0 Å². The van der Waals surface area contributed by atoms with Crippen molar-refractivity contribution in [1.29, 1.82) is 0 Å². The molecule has 88 valence electrons. The van der Waals surface area contributed by atoms with E-state index in [0.717, 1.165) is 30.0 Å². The van der Waals surface area contributed by atoms with Crippen molar-refractivity contribution in [3.05, 3.63) is 23.8 Å². The zero-order chi connectivity index (χ0) is 12.0. The Morgan fingerprint density at radius 1 is 1.44 bits per heavy atom. The van der Waals surface area contributed by atoms with Crippen LogP contribution in [0.1, 0.15) is 25.3 Å². The molecule has 0 aliphatic rings. The number of benzene rings is 1. The highest BCUT2D eigenvalue weighted by Crippen LogP contribution is 2.21. The molecule has 0 saturated carbocycles. The van der Waals surface area contributed by atoms with E-state index in [1.807, 2.05) is 25.1 Å². The summed E-state index contributed by atoms with van der Waals surface area (Å²) in [5.41, 5.74) is 2.18. The first-order valence-electron chi connectivity index (χ1n) is 5.51. The molecule has 1 aromatic carbocycles. The fourth-order valence-corrected chi connectivity index (χ4v) is 1.56. The molecule has 0 bridgehead atoms. The number of carbonyl (C=O) groups excluding carboxylic acids is 1.